The maximum atomic E-state index is 11.2. The zero-order valence-electron chi connectivity index (χ0n) is 10.0. The quantitative estimate of drug-likeness (QED) is 0.519. The monoisotopic (exact) mass is 214 g/mol. The highest BCUT2D eigenvalue weighted by atomic mass is 28.3. The van der Waals surface area contributed by atoms with E-state index in [0.717, 1.165) is 6.42 Å². The second kappa shape index (κ2) is 6.01. The normalized spacial score (nSPS) is 12.8. The van der Waals surface area contributed by atoms with Gasteiger partial charge in [0.05, 0.1) is 14.7 Å². The molecule has 0 heterocycles. The maximum Gasteiger partial charge on any atom is 0.306 e. The molecule has 0 N–H and O–H groups in total. The Labute approximate surface area is 88.4 Å². The minimum atomic E-state index is -1.22. The van der Waals surface area contributed by atoms with E-state index in [9.17, 15) is 4.79 Å². The molecule has 0 aromatic rings. The average molecular weight is 214 g/mol. The van der Waals surface area contributed by atoms with Crippen molar-refractivity contribution < 1.29 is 9.53 Å². The zero-order chi connectivity index (χ0) is 11.2. The van der Waals surface area contributed by atoms with E-state index in [0.29, 0.717) is 13.0 Å². The third-order valence-electron chi connectivity index (χ3n) is 2.22. The van der Waals surface area contributed by atoms with Crippen LogP contribution in [0.1, 0.15) is 26.7 Å². The molecule has 3 heteroatoms. The van der Waals surface area contributed by atoms with Crippen LogP contribution >= 0.6 is 0 Å². The number of hydrogen-bond donors (Lipinski definition) is 0. The van der Waals surface area contributed by atoms with E-state index in [4.69, 9.17) is 4.74 Å². The van der Waals surface area contributed by atoms with E-state index in [1.54, 1.807) is 0 Å². The summed E-state index contributed by atoms with van der Waals surface area (Å²) in [5.74, 6) is -0.0786. The highest BCUT2D eigenvalue weighted by molar-refractivity contribution is 6.83. The van der Waals surface area contributed by atoms with Crippen LogP contribution in [-0.4, -0.2) is 20.7 Å². The molecule has 0 atom stereocenters. The molecule has 0 aliphatic heterocycles. The molecule has 82 valence electrons. The van der Waals surface area contributed by atoms with Crippen LogP contribution in [0.3, 0.4) is 0 Å². The molecule has 0 aliphatic carbocycles. The predicted octanol–water partition coefficient (Wildman–Crippen LogP) is 3.15. The lowest BCUT2D eigenvalue weighted by Gasteiger charge is -2.20. The SMILES string of the molecule is C/C=C(\CCC(=O)OCC)[Si](C)(C)C. The van der Waals surface area contributed by atoms with Crippen molar-refractivity contribution in [3.05, 3.63) is 11.3 Å². The molecule has 0 aliphatic rings. The smallest absolute Gasteiger partial charge is 0.306 e. The van der Waals surface area contributed by atoms with Gasteiger partial charge >= 0.3 is 5.97 Å². The van der Waals surface area contributed by atoms with E-state index < -0.39 is 8.07 Å². The van der Waals surface area contributed by atoms with E-state index in [1.165, 1.54) is 5.20 Å². The van der Waals surface area contributed by atoms with Crippen LogP contribution in [0.15, 0.2) is 11.3 Å². The molecule has 14 heavy (non-hydrogen) atoms. The summed E-state index contributed by atoms with van der Waals surface area (Å²) in [4.78, 5) is 11.2. The molecule has 0 fully saturated rings. The van der Waals surface area contributed by atoms with Gasteiger partial charge in [0.15, 0.2) is 0 Å². The zero-order valence-corrected chi connectivity index (χ0v) is 11.0. The first-order valence-electron chi connectivity index (χ1n) is 5.23. The summed E-state index contributed by atoms with van der Waals surface area (Å²) in [5, 5.41) is 1.45. The van der Waals surface area contributed by atoms with Crippen LogP contribution in [0.25, 0.3) is 0 Å². The lowest BCUT2D eigenvalue weighted by atomic mass is 10.3. The van der Waals surface area contributed by atoms with Crippen molar-refractivity contribution >= 4 is 14.0 Å². The van der Waals surface area contributed by atoms with Gasteiger partial charge in [-0.3, -0.25) is 4.79 Å². The molecule has 0 bridgehead atoms. The molecular formula is C11H22O2Si. The third-order valence-corrected chi connectivity index (χ3v) is 4.68. The molecular weight excluding hydrogens is 192 g/mol. The number of allylic oxidation sites excluding steroid dienone is 2. The van der Waals surface area contributed by atoms with Gasteiger partial charge in [0.25, 0.3) is 0 Å². The number of carbonyl (C=O) groups excluding carboxylic acids is 1. The molecule has 0 saturated carbocycles. The predicted molar refractivity (Wildman–Crippen MR) is 63.0 cm³/mol. The topological polar surface area (TPSA) is 26.3 Å². The summed E-state index contributed by atoms with van der Waals surface area (Å²) in [5.41, 5.74) is 0. The van der Waals surface area contributed by atoms with Crippen molar-refractivity contribution in [2.75, 3.05) is 6.61 Å². The second-order valence-corrected chi connectivity index (χ2v) is 9.51. The lowest BCUT2D eigenvalue weighted by Crippen LogP contribution is -2.24. The van der Waals surface area contributed by atoms with E-state index in [2.05, 4.69) is 32.6 Å². The lowest BCUT2D eigenvalue weighted by molar-refractivity contribution is -0.143. The summed E-state index contributed by atoms with van der Waals surface area (Å²) >= 11 is 0. The van der Waals surface area contributed by atoms with Crippen LogP contribution in [-0.2, 0) is 9.53 Å². The minimum absolute atomic E-state index is 0.0786. The van der Waals surface area contributed by atoms with Crippen LogP contribution < -0.4 is 0 Å². The van der Waals surface area contributed by atoms with Gasteiger partial charge in [0.2, 0.25) is 0 Å². The van der Waals surface area contributed by atoms with Crippen molar-refractivity contribution in [2.24, 2.45) is 0 Å². The Morgan fingerprint density at radius 1 is 1.29 bits per heavy atom. The van der Waals surface area contributed by atoms with Gasteiger partial charge in [-0.05, 0) is 20.3 Å². The number of esters is 1. The average Bonchev–Trinajstić information content (AvgIpc) is 2.03. The highest BCUT2D eigenvalue weighted by Crippen LogP contribution is 2.19. The standard InChI is InChI=1S/C11H22O2Si/c1-6-10(14(3,4)5)8-9-11(12)13-7-2/h6H,7-9H2,1-5H3/b10-6+. The van der Waals surface area contributed by atoms with Crippen molar-refractivity contribution in [1.82, 2.24) is 0 Å². The van der Waals surface area contributed by atoms with Gasteiger partial charge in [-0.25, -0.2) is 0 Å². The van der Waals surface area contributed by atoms with Gasteiger partial charge in [-0.1, -0.05) is 30.9 Å². The summed E-state index contributed by atoms with van der Waals surface area (Å²) in [7, 11) is -1.22. The molecule has 0 saturated heterocycles. The highest BCUT2D eigenvalue weighted by Gasteiger charge is 2.19. The Morgan fingerprint density at radius 2 is 1.86 bits per heavy atom. The van der Waals surface area contributed by atoms with Gasteiger partial charge in [-0.15, -0.1) is 0 Å². The minimum Gasteiger partial charge on any atom is -0.466 e. The summed E-state index contributed by atoms with van der Waals surface area (Å²) in [6.45, 7) is 11.3. The largest absolute Gasteiger partial charge is 0.466 e. The van der Waals surface area contributed by atoms with Crippen molar-refractivity contribution in [1.29, 1.82) is 0 Å². The number of hydrogen-bond acceptors (Lipinski definition) is 2. The van der Waals surface area contributed by atoms with Crippen molar-refractivity contribution in [3.8, 4) is 0 Å². The Kier molecular flexibility index (Phi) is 5.77. The number of rotatable bonds is 5. The fourth-order valence-electron chi connectivity index (χ4n) is 1.42. The summed E-state index contributed by atoms with van der Waals surface area (Å²) in [6.07, 6.45) is 3.55. The van der Waals surface area contributed by atoms with E-state index in [-0.39, 0.29) is 5.97 Å². The first kappa shape index (κ1) is 13.4. The first-order chi connectivity index (χ1) is 6.41. The van der Waals surface area contributed by atoms with Gasteiger partial charge in [0, 0.05) is 6.42 Å². The van der Waals surface area contributed by atoms with Crippen LogP contribution in [0.2, 0.25) is 19.6 Å². The fourth-order valence-corrected chi connectivity index (χ4v) is 3.16. The Morgan fingerprint density at radius 3 is 2.21 bits per heavy atom. The van der Waals surface area contributed by atoms with E-state index in [1.807, 2.05) is 6.92 Å². The molecule has 0 aromatic carbocycles. The Bertz CT molecular complexity index is 214. The molecule has 0 amide bonds. The van der Waals surface area contributed by atoms with Gasteiger partial charge in [0.1, 0.15) is 0 Å². The molecule has 0 unspecified atom stereocenters. The Hall–Kier alpha value is -0.573. The number of ether oxygens (including phenoxy) is 1. The fraction of sp³-hybridized carbons (Fsp3) is 0.727. The van der Waals surface area contributed by atoms with E-state index >= 15 is 0 Å². The molecule has 0 radical (unpaired) electrons. The summed E-state index contributed by atoms with van der Waals surface area (Å²) in [6, 6.07) is 0. The molecule has 0 spiro atoms. The van der Waals surface area contributed by atoms with Crippen LogP contribution in [0.4, 0.5) is 0 Å². The Balaban J connectivity index is 4.05. The van der Waals surface area contributed by atoms with Crippen molar-refractivity contribution in [2.45, 2.75) is 46.3 Å². The van der Waals surface area contributed by atoms with Gasteiger partial charge < -0.3 is 4.74 Å². The molecule has 0 aromatic heterocycles. The van der Waals surface area contributed by atoms with Crippen LogP contribution in [0, 0.1) is 0 Å². The first-order valence-corrected chi connectivity index (χ1v) is 8.73. The molecule has 2 nitrogen and oxygen atoms in total. The number of carbonyl (C=O) groups is 1. The summed E-state index contributed by atoms with van der Waals surface area (Å²) < 4.78 is 4.90. The van der Waals surface area contributed by atoms with Crippen LogP contribution in [0.5, 0.6) is 0 Å². The van der Waals surface area contributed by atoms with Gasteiger partial charge in [-0.2, -0.15) is 0 Å². The second-order valence-electron chi connectivity index (χ2n) is 4.37. The third kappa shape index (κ3) is 5.22. The molecule has 0 rings (SSSR count). The maximum absolute atomic E-state index is 11.2. The van der Waals surface area contributed by atoms with Crippen molar-refractivity contribution in [3.63, 3.8) is 0 Å².